The highest BCUT2D eigenvalue weighted by molar-refractivity contribution is 5.97. The zero-order chi connectivity index (χ0) is 20.3. The van der Waals surface area contributed by atoms with Gasteiger partial charge in [0.15, 0.2) is 0 Å². The summed E-state index contributed by atoms with van der Waals surface area (Å²) < 4.78 is 0. The molecule has 0 saturated heterocycles. The van der Waals surface area contributed by atoms with Gasteiger partial charge in [-0.3, -0.25) is 14.4 Å². The maximum absolute atomic E-state index is 12.5. The number of hydrogen-bond acceptors (Lipinski definition) is 3. The van der Waals surface area contributed by atoms with Gasteiger partial charge in [-0.15, -0.1) is 0 Å². The highest BCUT2D eigenvalue weighted by Gasteiger charge is 2.45. The van der Waals surface area contributed by atoms with Gasteiger partial charge in [0.1, 0.15) is 0 Å². The van der Waals surface area contributed by atoms with Gasteiger partial charge < -0.3 is 15.7 Å². The normalized spacial score (nSPS) is 14.4. The van der Waals surface area contributed by atoms with Gasteiger partial charge in [-0.1, -0.05) is 24.3 Å². The highest BCUT2D eigenvalue weighted by Crippen LogP contribution is 2.40. The van der Waals surface area contributed by atoms with Crippen molar-refractivity contribution in [1.82, 2.24) is 5.32 Å². The number of anilines is 1. The molecule has 0 spiro atoms. The average Bonchev–Trinajstić information content (AvgIpc) is 3.01. The number of fused-ring (bicyclic) bond motifs is 1. The minimum atomic E-state index is -1.12. The van der Waals surface area contributed by atoms with E-state index in [9.17, 15) is 19.5 Å². The molecule has 3 N–H and O–H groups in total. The number of carbonyl (C=O) groups is 3. The first-order chi connectivity index (χ1) is 13.3. The van der Waals surface area contributed by atoms with Crippen LogP contribution in [0, 0.1) is 5.41 Å². The fourth-order valence-corrected chi connectivity index (χ4v) is 3.61. The molecule has 0 saturated carbocycles. The third-order valence-corrected chi connectivity index (χ3v) is 4.98. The van der Waals surface area contributed by atoms with Gasteiger partial charge in [0.25, 0.3) is 5.91 Å². The number of carboxylic acid groups (broad SMARTS) is 1. The van der Waals surface area contributed by atoms with E-state index in [-0.39, 0.29) is 24.3 Å². The number of carboxylic acids is 1. The first kappa shape index (κ1) is 19.6. The van der Waals surface area contributed by atoms with Crippen LogP contribution in [0.3, 0.4) is 0 Å². The van der Waals surface area contributed by atoms with E-state index in [4.69, 9.17) is 0 Å². The lowest BCUT2D eigenvalue weighted by molar-refractivity contribution is -0.150. The third-order valence-electron chi connectivity index (χ3n) is 4.98. The van der Waals surface area contributed by atoms with E-state index in [2.05, 4.69) is 10.6 Å². The van der Waals surface area contributed by atoms with Crippen LogP contribution in [-0.2, 0) is 22.4 Å². The summed E-state index contributed by atoms with van der Waals surface area (Å²) >= 11 is 0. The predicted molar refractivity (Wildman–Crippen MR) is 106 cm³/mol. The van der Waals surface area contributed by atoms with Crippen molar-refractivity contribution in [2.75, 3.05) is 5.32 Å². The fourth-order valence-electron chi connectivity index (χ4n) is 3.61. The molecule has 28 heavy (non-hydrogen) atoms. The van der Waals surface area contributed by atoms with Gasteiger partial charge in [0.2, 0.25) is 5.91 Å². The quantitative estimate of drug-likeness (QED) is 0.718. The zero-order valence-electron chi connectivity index (χ0n) is 16.0. The first-order valence-electron chi connectivity index (χ1n) is 9.30. The number of rotatable bonds is 6. The molecule has 6 heteroatoms. The summed E-state index contributed by atoms with van der Waals surface area (Å²) in [5, 5.41) is 15.3. The monoisotopic (exact) mass is 380 g/mol. The lowest BCUT2D eigenvalue weighted by Crippen LogP contribution is -2.36. The van der Waals surface area contributed by atoms with Crippen LogP contribution in [0.2, 0.25) is 0 Å². The summed E-state index contributed by atoms with van der Waals surface area (Å²) in [4.78, 5) is 36.5. The van der Waals surface area contributed by atoms with Gasteiger partial charge in [-0.2, -0.15) is 0 Å². The Morgan fingerprint density at radius 1 is 1.00 bits per heavy atom. The molecule has 1 aliphatic rings. The smallest absolute Gasteiger partial charge is 0.310 e. The Morgan fingerprint density at radius 3 is 2.07 bits per heavy atom. The highest BCUT2D eigenvalue weighted by atomic mass is 16.4. The Kier molecular flexibility index (Phi) is 5.49. The van der Waals surface area contributed by atoms with Crippen molar-refractivity contribution in [3.05, 3.63) is 65.2 Å². The molecular weight excluding hydrogens is 356 g/mol. The summed E-state index contributed by atoms with van der Waals surface area (Å²) in [5.41, 5.74) is 1.88. The molecule has 6 nitrogen and oxygen atoms in total. The largest absolute Gasteiger partial charge is 0.481 e. The second-order valence-electron chi connectivity index (χ2n) is 7.64. The molecule has 3 rings (SSSR count). The number of benzene rings is 2. The summed E-state index contributed by atoms with van der Waals surface area (Å²) in [5.74, 6) is -1.49. The molecule has 0 heterocycles. The van der Waals surface area contributed by atoms with Crippen LogP contribution in [0.4, 0.5) is 5.69 Å². The van der Waals surface area contributed by atoms with Crippen LogP contribution < -0.4 is 10.6 Å². The van der Waals surface area contributed by atoms with E-state index in [1.54, 1.807) is 24.3 Å². The molecule has 2 amide bonds. The molecule has 0 aromatic heterocycles. The average molecular weight is 380 g/mol. The summed E-state index contributed by atoms with van der Waals surface area (Å²) in [7, 11) is 0. The molecule has 0 bridgehead atoms. The lowest BCUT2D eigenvalue weighted by Gasteiger charge is -2.23. The number of amides is 2. The number of aliphatic carboxylic acids is 1. The Bertz CT molecular complexity index is 878. The van der Waals surface area contributed by atoms with Gasteiger partial charge >= 0.3 is 5.97 Å². The molecule has 0 fully saturated rings. The zero-order valence-corrected chi connectivity index (χ0v) is 16.0. The van der Waals surface area contributed by atoms with E-state index in [0.717, 1.165) is 11.1 Å². The van der Waals surface area contributed by atoms with Crippen LogP contribution in [-0.4, -0.2) is 28.9 Å². The summed E-state index contributed by atoms with van der Waals surface area (Å²) in [6, 6.07) is 14.2. The third kappa shape index (κ3) is 4.22. The Morgan fingerprint density at radius 2 is 1.57 bits per heavy atom. The molecule has 146 valence electrons. The second kappa shape index (κ2) is 7.84. The maximum atomic E-state index is 12.5. The van der Waals surface area contributed by atoms with Crippen LogP contribution in [0.25, 0.3) is 0 Å². The van der Waals surface area contributed by atoms with E-state index >= 15 is 0 Å². The Balaban J connectivity index is 1.66. The molecule has 0 radical (unpaired) electrons. The van der Waals surface area contributed by atoms with E-state index in [1.165, 1.54) is 0 Å². The Labute approximate surface area is 164 Å². The number of nitrogens with one attached hydrogen (secondary N) is 2. The molecule has 1 aliphatic carbocycles. The van der Waals surface area contributed by atoms with Gasteiger partial charge in [0, 0.05) is 23.7 Å². The second-order valence-corrected chi connectivity index (χ2v) is 7.64. The molecule has 2 aromatic carbocycles. The standard InChI is InChI=1S/C22H24N2O4/c1-14(2)23-20(26)15-7-9-18(10-8-15)24-19(25)13-22(21(27)28)11-16-5-3-4-6-17(16)12-22/h3-10,14H,11-13H2,1-2H3,(H,23,26)(H,24,25)(H,27,28). The summed E-state index contributed by atoms with van der Waals surface area (Å²) in [6.07, 6.45) is 0.590. The maximum Gasteiger partial charge on any atom is 0.310 e. The van der Waals surface area contributed by atoms with E-state index in [1.807, 2.05) is 38.1 Å². The molecule has 0 unspecified atom stereocenters. The molecule has 2 aromatic rings. The van der Waals surface area contributed by atoms with E-state index in [0.29, 0.717) is 24.1 Å². The molecule has 0 aliphatic heterocycles. The fraction of sp³-hybridized carbons (Fsp3) is 0.318. The van der Waals surface area contributed by atoms with Gasteiger partial charge in [-0.25, -0.2) is 0 Å². The van der Waals surface area contributed by atoms with Crippen LogP contribution in [0.1, 0.15) is 41.8 Å². The van der Waals surface area contributed by atoms with Crippen molar-refractivity contribution >= 4 is 23.5 Å². The van der Waals surface area contributed by atoms with Crippen LogP contribution in [0.15, 0.2) is 48.5 Å². The minimum absolute atomic E-state index is 0.0367. The Hall–Kier alpha value is -3.15. The SMILES string of the molecule is CC(C)NC(=O)c1ccc(NC(=O)CC2(C(=O)O)Cc3ccccc3C2)cc1. The van der Waals surface area contributed by atoms with Gasteiger partial charge in [-0.05, 0) is 62.1 Å². The van der Waals surface area contributed by atoms with Crippen molar-refractivity contribution in [2.45, 2.75) is 39.2 Å². The topological polar surface area (TPSA) is 95.5 Å². The van der Waals surface area contributed by atoms with E-state index < -0.39 is 11.4 Å². The lowest BCUT2D eigenvalue weighted by atomic mass is 9.81. The molecular formula is C22H24N2O4. The predicted octanol–water partition coefficient (Wildman–Crippen LogP) is 3.02. The van der Waals surface area contributed by atoms with Crippen molar-refractivity contribution < 1.29 is 19.5 Å². The van der Waals surface area contributed by atoms with Crippen molar-refractivity contribution in [3.8, 4) is 0 Å². The van der Waals surface area contributed by atoms with Crippen LogP contribution in [0.5, 0.6) is 0 Å². The number of hydrogen-bond donors (Lipinski definition) is 3. The summed E-state index contributed by atoms with van der Waals surface area (Å²) in [6.45, 7) is 3.76. The van der Waals surface area contributed by atoms with Crippen molar-refractivity contribution in [3.63, 3.8) is 0 Å². The van der Waals surface area contributed by atoms with Crippen molar-refractivity contribution in [2.24, 2.45) is 5.41 Å². The van der Waals surface area contributed by atoms with Gasteiger partial charge in [0.05, 0.1) is 5.41 Å². The van der Waals surface area contributed by atoms with Crippen LogP contribution >= 0.6 is 0 Å². The first-order valence-corrected chi connectivity index (χ1v) is 9.30. The number of carbonyl (C=O) groups excluding carboxylic acids is 2. The van der Waals surface area contributed by atoms with Crippen molar-refractivity contribution in [1.29, 1.82) is 0 Å². The minimum Gasteiger partial charge on any atom is -0.481 e. The molecule has 0 atom stereocenters.